The van der Waals surface area contributed by atoms with Crippen molar-refractivity contribution < 1.29 is 33.2 Å². The number of allylic oxidation sites excluding steroid dienone is 1. The quantitative estimate of drug-likeness (QED) is 0.402. The second-order valence-electron chi connectivity index (χ2n) is 5.55. The molecule has 2 heterocycles. The molecule has 1 aromatic carbocycles. The van der Waals surface area contributed by atoms with Crippen molar-refractivity contribution in [3.63, 3.8) is 0 Å². The van der Waals surface area contributed by atoms with Crippen molar-refractivity contribution in [3.05, 3.63) is 62.5 Å². The third kappa shape index (κ3) is 6.43. The maximum atomic E-state index is 13.4. The third-order valence-electron chi connectivity index (χ3n) is 3.54. The number of aliphatic imine (C=N–C) groups is 1. The average Bonchev–Trinajstić information content (AvgIpc) is 3.13. The molecule has 1 aliphatic rings. The molecule has 0 radical (unpaired) electrons. The van der Waals surface area contributed by atoms with Gasteiger partial charge in [-0.2, -0.15) is 0 Å². The molecule has 0 saturated carbocycles. The van der Waals surface area contributed by atoms with Crippen LogP contribution in [0.2, 0.25) is 5.02 Å². The number of nitrogens with one attached hydrogen (secondary N) is 1. The van der Waals surface area contributed by atoms with E-state index >= 15 is 0 Å². The van der Waals surface area contributed by atoms with Gasteiger partial charge in [0, 0.05) is 27.9 Å². The Morgan fingerprint density at radius 2 is 2.03 bits per heavy atom. The largest absolute Gasteiger partial charge is 0.466 e. The first-order chi connectivity index (χ1) is 13.5. The van der Waals surface area contributed by atoms with E-state index in [1.54, 1.807) is 13.1 Å². The SMILES string of the molecule is COC(=O)C1=C(C)NC(c2nccs2)=NC1c1ccc(F)cc1Cl.O=P(O)(O)O. The van der Waals surface area contributed by atoms with Crippen LogP contribution >= 0.6 is 30.8 Å². The van der Waals surface area contributed by atoms with E-state index in [9.17, 15) is 9.18 Å². The minimum atomic E-state index is -4.64. The number of amidine groups is 1. The van der Waals surface area contributed by atoms with Crippen molar-refractivity contribution in [2.75, 3.05) is 7.11 Å². The molecule has 1 aromatic heterocycles. The van der Waals surface area contributed by atoms with Gasteiger partial charge in [-0.05, 0) is 19.1 Å². The van der Waals surface area contributed by atoms with Crippen LogP contribution in [0, 0.1) is 5.82 Å². The molecule has 1 atom stereocenters. The van der Waals surface area contributed by atoms with Crippen LogP contribution in [0.4, 0.5) is 4.39 Å². The molecule has 156 valence electrons. The lowest BCUT2D eigenvalue weighted by Crippen LogP contribution is -2.32. The Morgan fingerprint density at radius 3 is 2.55 bits per heavy atom. The summed E-state index contributed by atoms with van der Waals surface area (Å²) >= 11 is 7.59. The molecule has 29 heavy (non-hydrogen) atoms. The van der Waals surface area contributed by atoms with E-state index in [1.165, 1.54) is 36.6 Å². The summed E-state index contributed by atoms with van der Waals surface area (Å²) in [6.07, 6.45) is 1.67. The molecule has 0 spiro atoms. The van der Waals surface area contributed by atoms with E-state index in [2.05, 4.69) is 15.3 Å². The van der Waals surface area contributed by atoms with Crippen LogP contribution in [0.3, 0.4) is 0 Å². The van der Waals surface area contributed by atoms with Gasteiger partial charge < -0.3 is 24.7 Å². The van der Waals surface area contributed by atoms with Gasteiger partial charge in [0.15, 0.2) is 10.8 Å². The second-order valence-corrected chi connectivity index (χ2v) is 7.88. The molecule has 0 bridgehead atoms. The van der Waals surface area contributed by atoms with Gasteiger partial charge in [-0.15, -0.1) is 11.3 Å². The minimum Gasteiger partial charge on any atom is -0.466 e. The van der Waals surface area contributed by atoms with Gasteiger partial charge in [-0.1, -0.05) is 17.7 Å². The van der Waals surface area contributed by atoms with E-state index in [1.807, 2.05) is 5.38 Å². The monoisotopic (exact) mass is 463 g/mol. The number of esters is 1. The molecule has 1 unspecified atom stereocenters. The number of thiazole rings is 1. The van der Waals surface area contributed by atoms with E-state index in [-0.39, 0.29) is 5.02 Å². The standard InChI is InChI=1S/C16H13ClFN3O2S.H3O4P/c1-8-12(16(22)23-2)13(10-4-3-9(18)7-11(10)17)21-14(20-8)15-19-5-6-24-15;1-5(2,3)4/h3-7,13H,1-2H3,(H,20,21);(H3,1,2,3,4). The maximum absolute atomic E-state index is 13.4. The molecule has 13 heteroatoms. The zero-order chi connectivity index (χ0) is 21.8. The van der Waals surface area contributed by atoms with Gasteiger partial charge in [0.2, 0.25) is 0 Å². The summed E-state index contributed by atoms with van der Waals surface area (Å²) in [6.45, 7) is 1.75. The Bertz CT molecular complexity index is 1000. The van der Waals surface area contributed by atoms with Gasteiger partial charge in [0.05, 0.1) is 12.7 Å². The zero-order valence-electron chi connectivity index (χ0n) is 15.0. The van der Waals surface area contributed by atoms with Crippen LogP contribution in [0.5, 0.6) is 0 Å². The minimum absolute atomic E-state index is 0.193. The molecule has 0 amide bonds. The molecular weight excluding hydrogens is 448 g/mol. The zero-order valence-corrected chi connectivity index (χ0v) is 17.5. The molecule has 2 aromatic rings. The lowest BCUT2D eigenvalue weighted by atomic mass is 9.96. The Morgan fingerprint density at radius 1 is 1.38 bits per heavy atom. The predicted molar refractivity (Wildman–Crippen MR) is 105 cm³/mol. The van der Waals surface area contributed by atoms with Crippen molar-refractivity contribution in [2.24, 2.45) is 4.99 Å². The maximum Gasteiger partial charge on any atom is 0.466 e. The number of ether oxygens (including phenoxy) is 1. The summed E-state index contributed by atoms with van der Waals surface area (Å²) in [4.78, 5) is 42.6. The molecule has 0 saturated heterocycles. The third-order valence-corrected chi connectivity index (χ3v) is 4.65. The molecule has 4 N–H and O–H groups in total. The number of hydrogen-bond acceptors (Lipinski definition) is 7. The topological polar surface area (TPSA) is 141 Å². The first-order valence-electron chi connectivity index (χ1n) is 7.78. The normalized spacial score (nSPS) is 16.4. The van der Waals surface area contributed by atoms with Crippen molar-refractivity contribution >= 4 is 42.6 Å². The molecule has 3 rings (SSSR count). The Hall–Kier alpha value is -2.14. The highest BCUT2D eigenvalue weighted by atomic mass is 35.5. The summed E-state index contributed by atoms with van der Waals surface area (Å²) < 4.78 is 27.1. The van der Waals surface area contributed by atoms with E-state index < -0.39 is 25.7 Å². The van der Waals surface area contributed by atoms with E-state index in [0.29, 0.717) is 27.7 Å². The number of benzene rings is 1. The second kappa shape index (κ2) is 9.57. The fraction of sp³-hybridized carbons (Fsp3) is 0.188. The first kappa shape index (κ1) is 23.1. The van der Waals surface area contributed by atoms with Gasteiger partial charge in [-0.3, -0.25) is 4.99 Å². The summed E-state index contributed by atoms with van der Waals surface area (Å²) in [6, 6.07) is 3.30. The molecule has 9 nitrogen and oxygen atoms in total. The fourth-order valence-electron chi connectivity index (χ4n) is 2.45. The summed E-state index contributed by atoms with van der Waals surface area (Å²) in [5, 5.41) is 5.78. The Balaban J connectivity index is 0.000000537. The number of rotatable bonds is 3. The van der Waals surface area contributed by atoms with Crippen LogP contribution in [-0.2, 0) is 14.1 Å². The first-order valence-corrected chi connectivity index (χ1v) is 10.6. The fourth-order valence-corrected chi connectivity index (χ4v) is 3.31. The summed E-state index contributed by atoms with van der Waals surface area (Å²) in [5.74, 6) is -0.449. The van der Waals surface area contributed by atoms with Crippen molar-refractivity contribution in [1.29, 1.82) is 0 Å². The van der Waals surface area contributed by atoms with Crippen LogP contribution < -0.4 is 5.32 Å². The number of aromatic nitrogens is 1. The Kier molecular flexibility index (Phi) is 7.64. The number of halogens is 2. The summed E-state index contributed by atoms with van der Waals surface area (Å²) in [7, 11) is -3.34. The molecule has 1 aliphatic heterocycles. The van der Waals surface area contributed by atoms with Crippen LogP contribution in [0.15, 0.2) is 46.0 Å². The van der Waals surface area contributed by atoms with Gasteiger partial charge in [-0.25, -0.2) is 18.7 Å². The Labute approximate surface area is 173 Å². The highest BCUT2D eigenvalue weighted by Crippen LogP contribution is 2.36. The predicted octanol–water partition coefficient (Wildman–Crippen LogP) is 2.55. The van der Waals surface area contributed by atoms with E-state index in [0.717, 1.165) is 0 Å². The van der Waals surface area contributed by atoms with Crippen LogP contribution in [0.25, 0.3) is 0 Å². The number of hydrogen-bond donors (Lipinski definition) is 4. The number of nitrogens with zero attached hydrogens (tertiary/aromatic N) is 2. The van der Waals surface area contributed by atoms with Gasteiger partial charge in [0.1, 0.15) is 11.9 Å². The number of phosphoric acid groups is 1. The molecular formula is C16H16ClFN3O6PS. The van der Waals surface area contributed by atoms with Crippen molar-refractivity contribution in [1.82, 2.24) is 10.3 Å². The number of methoxy groups -OCH3 is 1. The van der Waals surface area contributed by atoms with Crippen LogP contribution in [-0.4, -0.2) is 38.6 Å². The lowest BCUT2D eigenvalue weighted by Gasteiger charge is -2.25. The van der Waals surface area contributed by atoms with Crippen LogP contribution in [0.1, 0.15) is 23.5 Å². The molecule has 0 fully saturated rings. The summed E-state index contributed by atoms with van der Waals surface area (Å²) in [5.41, 5.74) is 1.44. The number of carbonyl (C=O) groups excluding carboxylic acids is 1. The lowest BCUT2D eigenvalue weighted by molar-refractivity contribution is -0.136. The molecule has 0 aliphatic carbocycles. The van der Waals surface area contributed by atoms with Crippen molar-refractivity contribution in [3.8, 4) is 0 Å². The highest BCUT2D eigenvalue weighted by Gasteiger charge is 2.32. The smallest absolute Gasteiger partial charge is 0.466 e. The van der Waals surface area contributed by atoms with Crippen molar-refractivity contribution in [2.45, 2.75) is 13.0 Å². The number of carbonyl (C=O) groups is 1. The van der Waals surface area contributed by atoms with Gasteiger partial charge in [0.25, 0.3) is 0 Å². The van der Waals surface area contributed by atoms with Gasteiger partial charge >= 0.3 is 13.8 Å². The average molecular weight is 464 g/mol. The van der Waals surface area contributed by atoms with E-state index in [4.69, 9.17) is 35.6 Å². The highest BCUT2D eigenvalue weighted by molar-refractivity contribution is 7.45.